The van der Waals surface area contributed by atoms with Gasteiger partial charge in [-0.1, -0.05) is 11.6 Å². The number of ether oxygens (including phenoxy) is 1. The Hall–Kier alpha value is -1.15. The Labute approximate surface area is 128 Å². The average molecular weight is 333 g/mol. The van der Waals surface area contributed by atoms with E-state index in [1.165, 1.54) is 18.2 Å². The Kier molecular flexibility index (Phi) is 4.57. The minimum absolute atomic E-state index is 0.142. The summed E-state index contributed by atoms with van der Waals surface area (Å²) >= 11 is 5.86. The molecule has 0 aliphatic carbocycles. The first-order valence-electron chi connectivity index (χ1n) is 6.43. The summed E-state index contributed by atoms with van der Waals surface area (Å²) < 4.78 is 28.0. The van der Waals surface area contributed by atoms with E-state index in [0.29, 0.717) is 26.1 Å². The summed E-state index contributed by atoms with van der Waals surface area (Å²) in [5.41, 5.74) is -0.210. The number of rotatable bonds is 3. The van der Waals surface area contributed by atoms with Gasteiger partial charge in [-0.3, -0.25) is 4.79 Å². The van der Waals surface area contributed by atoms with Crippen molar-refractivity contribution in [3.05, 3.63) is 28.8 Å². The number of halogens is 1. The van der Waals surface area contributed by atoms with Gasteiger partial charge in [0.1, 0.15) is 0 Å². The summed E-state index contributed by atoms with van der Waals surface area (Å²) in [4.78, 5) is 12.1. The summed E-state index contributed by atoms with van der Waals surface area (Å²) in [6.07, 6.45) is 1.39. The number of carbonyl (C=O) groups is 1. The molecule has 1 fully saturated rings. The SMILES string of the molecule is CC1(NC(=O)c2cc(Cl)cc(S(N)(=O)=O)c2)CCOCC1. The summed E-state index contributed by atoms with van der Waals surface area (Å²) in [6.45, 7) is 3.09. The van der Waals surface area contributed by atoms with Crippen molar-refractivity contribution in [1.82, 2.24) is 5.32 Å². The first-order chi connectivity index (χ1) is 9.70. The standard InChI is InChI=1S/C13H17ClN2O4S/c1-13(2-4-20-5-3-13)16-12(17)9-6-10(14)8-11(7-9)21(15,18)19/h6-8H,2-5H2,1H3,(H,16,17)(H2,15,18,19). The van der Waals surface area contributed by atoms with Gasteiger partial charge >= 0.3 is 0 Å². The Bertz CT molecular complexity index is 654. The normalized spacial score (nSPS) is 18.2. The van der Waals surface area contributed by atoms with Crippen LogP contribution in [0.4, 0.5) is 0 Å². The maximum atomic E-state index is 12.3. The molecular weight excluding hydrogens is 316 g/mol. The topological polar surface area (TPSA) is 98.5 Å². The lowest BCUT2D eigenvalue weighted by Gasteiger charge is -2.34. The molecule has 0 aromatic heterocycles. The van der Waals surface area contributed by atoms with E-state index in [1.54, 1.807) is 0 Å². The molecule has 0 atom stereocenters. The van der Waals surface area contributed by atoms with E-state index < -0.39 is 10.0 Å². The fourth-order valence-corrected chi connectivity index (χ4v) is 3.03. The van der Waals surface area contributed by atoms with Crippen LogP contribution in [0.25, 0.3) is 0 Å². The first kappa shape index (κ1) is 16.2. The second kappa shape index (κ2) is 5.92. The zero-order valence-electron chi connectivity index (χ0n) is 11.6. The molecule has 116 valence electrons. The lowest BCUT2D eigenvalue weighted by molar-refractivity contribution is 0.0423. The lowest BCUT2D eigenvalue weighted by atomic mass is 9.92. The van der Waals surface area contributed by atoms with E-state index in [-0.39, 0.29) is 26.9 Å². The van der Waals surface area contributed by atoms with E-state index in [4.69, 9.17) is 21.5 Å². The number of amides is 1. The van der Waals surface area contributed by atoms with Crippen molar-refractivity contribution in [2.45, 2.75) is 30.2 Å². The van der Waals surface area contributed by atoms with Crippen molar-refractivity contribution in [3.63, 3.8) is 0 Å². The third kappa shape index (κ3) is 4.16. The lowest BCUT2D eigenvalue weighted by Crippen LogP contribution is -2.49. The predicted molar refractivity (Wildman–Crippen MR) is 78.7 cm³/mol. The van der Waals surface area contributed by atoms with Crippen LogP contribution in [-0.2, 0) is 14.8 Å². The first-order valence-corrected chi connectivity index (χ1v) is 8.36. The minimum Gasteiger partial charge on any atom is -0.381 e. The molecule has 2 rings (SSSR count). The van der Waals surface area contributed by atoms with E-state index in [0.717, 1.165) is 0 Å². The van der Waals surface area contributed by atoms with Gasteiger partial charge in [-0.05, 0) is 38.0 Å². The maximum absolute atomic E-state index is 12.3. The van der Waals surface area contributed by atoms with E-state index in [2.05, 4.69) is 5.32 Å². The van der Waals surface area contributed by atoms with Crippen LogP contribution in [0.1, 0.15) is 30.1 Å². The van der Waals surface area contributed by atoms with Crippen molar-refractivity contribution >= 4 is 27.5 Å². The molecule has 0 bridgehead atoms. The zero-order chi connectivity index (χ0) is 15.7. The highest BCUT2D eigenvalue weighted by Crippen LogP contribution is 2.22. The number of hydrogen-bond donors (Lipinski definition) is 2. The molecule has 21 heavy (non-hydrogen) atoms. The Morgan fingerprint density at radius 2 is 1.95 bits per heavy atom. The molecule has 8 heteroatoms. The van der Waals surface area contributed by atoms with Crippen molar-refractivity contribution in [2.24, 2.45) is 5.14 Å². The molecule has 1 heterocycles. The van der Waals surface area contributed by atoms with Crippen LogP contribution in [0, 0.1) is 0 Å². The van der Waals surface area contributed by atoms with Gasteiger partial charge in [-0.2, -0.15) is 0 Å². The molecule has 1 saturated heterocycles. The van der Waals surface area contributed by atoms with Crippen molar-refractivity contribution in [3.8, 4) is 0 Å². The Morgan fingerprint density at radius 1 is 1.33 bits per heavy atom. The molecule has 1 aromatic rings. The molecular formula is C13H17ClN2O4S. The number of nitrogens with one attached hydrogen (secondary N) is 1. The number of hydrogen-bond acceptors (Lipinski definition) is 4. The molecule has 1 amide bonds. The highest BCUT2D eigenvalue weighted by molar-refractivity contribution is 7.89. The molecule has 1 aliphatic heterocycles. The van der Waals surface area contributed by atoms with Crippen molar-refractivity contribution in [1.29, 1.82) is 0 Å². The van der Waals surface area contributed by atoms with Gasteiger partial charge in [-0.15, -0.1) is 0 Å². The third-order valence-corrected chi connectivity index (χ3v) is 4.58. The predicted octanol–water partition coefficient (Wildman–Crippen LogP) is 1.29. The third-order valence-electron chi connectivity index (χ3n) is 3.47. The molecule has 3 N–H and O–H groups in total. The van der Waals surface area contributed by atoms with Crippen LogP contribution in [-0.4, -0.2) is 33.1 Å². The van der Waals surface area contributed by atoms with Gasteiger partial charge in [0.2, 0.25) is 10.0 Å². The van der Waals surface area contributed by atoms with Gasteiger partial charge < -0.3 is 10.1 Å². The van der Waals surface area contributed by atoms with Crippen LogP contribution in [0.2, 0.25) is 5.02 Å². The maximum Gasteiger partial charge on any atom is 0.251 e. The Balaban J connectivity index is 2.25. The number of primary sulfonamides is 1. The fourth-order valence-electron chi connectivity index (χ4n) is 2.15. The van der Waals surface area contributed by atoms with Crippen LogP contribution < -0.4 is 10.5 Å². The van der Waals surface area contributed by atoms with E-state index in [1.807, 2.05) is 6.92 Å². The second-order valence-corrected chi connectivity index (χ2v) is 7.35. The fraction of sp³-hybridized carbons (Fsp3) is 0.462. The molecule has 0 radical (unpaired) electrons. The minimum atomic E-state index is -3.91. The molecule has 0 spiro atoms. The van der Waals surface area contributed by atoms with Crippen LogP contribution >= 0.6 is 11.6 Å². The highest BCUT2D eigenvalue weighted by Gasteiger charge is 2.29. The molecule has 1 aliphatic rings. The largest absolute Gasteiger partial charge is 0.381 e. The summed E-state index contributed by atoms with van der Waals surface area (Å²) in [6, 6.07) is 3.84. The quantitative estimate of drug-likeness (QED) is 0.871. The smallest absolute Gasteiger partial charge is 0.251 e. The Morgan fingerprint density at radius 3 is 2.52 bits per heavy atom. The van der Waals surface area contributed by atoms with Crippen LogP contribution in [0.15, 0.2) is 23.1 Å². The molecule has 0 saturated carbocycles. The molecule has 6 nitrogen and oxygen atoms in total. The highest BCUT2D eigenvalue weighted by atomic mass is 35.5. The van der Waals surface area contributed by atoms with Gasteiger partial charge in [0.05, 0.1) is 4.90 Å². The zero-order valence-corrected chi connectivity index (χ0v) is 13.1. The van der Waals surface area contributed by atoms with Crippen LogP contribution in [0.5, 0.6) is 0 Å². The number of carbonyl (C=O) groups excluding carboxylic acids is 1. The van der Waals surface area contributed by atoms with Gasteiger partial charge in [0.15, 0.2) is 0 Å². The average Bonchev–Trinajstić information content (AvgIpc) is 2.37. The van der Waals surface area contributed by atoms with Gasteiger partial charge in [0.25, 0.3) is 5.91 Å². The monoisotopic (exact) mass is 332 g/mol. The van der Waals surface area contributed by atoms with Crippen LogP contribution in [0.3, 0.4) is 0 Å². The van der Waals surface area contributed by atoms with E-state index >= 15 is 0 Å². The van der Waals surface area contributed by atoms with Crippen molar-refractivity contribution < 1.29 is 17.9 Å². The van der Waals surface area contributed by atoms with Gasteiger partial charge in [0, 0.05) is 29.3 Å². The van der Waals surface area contributed by atoms with E-state index in [9.17, 15) is 13.2 Å². The summed E-state index contributed by atoms with van der Waals surface area (Å²) in [5, 5.41) is 8.12. The summed E-state index contributed by atoms with van der Waals surface area (Å²) in [5.74, 6) is -0.383. The molecule has 1 aromatic carbocycles. The number of nitrogens with two attached hydrogens (primary N) is 1. The number of sulfonamides is 1. The van der Waals surface area contributed by atoms with Gasteiger partial charge in [-0.25, -0.2) is 13.6 Å². The second-order valence-electron chi connectivity index (χ2n) is 5.35. The summed E-state index contributed by atoms with van der Waals surface area (Å²) in [7, 11) is -3.91. The van der Waals surface area contributed by atoms with Crippen molar-refractivity contribution in [2.75, 3.05) is 13.2 Å². The number of benzene rings is 1. The molecule has 0 unspecified atom stereocenters.